The Hall–Kier alpha value is -2.04. The first-order valence-electron chi connectivity index (χ1n) is 6.05. The predicted octanol–water partition coefficient (Wildman–Crippen LogP) is 3.61. The molecule has 1 amide bonds. The van der Waals surface area contributed by atoms with Crippen molar-refractivity contribution in [1.82, 2.24) is 0 Å². The second kappa shape index (κ2) is 7.11. The minimum Gasteiger partial charge on any atom is -0.484 e. The molecule has 0 aliphatic heterocycles. The molecule has 0 radical (unpaired) electrons. The van der Waals surface area contributed by atoms with Gasteiger partial charge in [0.05, 0.1) is 15.7 Å². The second-order valence-corrected chi connectivity index (χ2v) is 5.00. The Morgan fingerprint density at radius 3 is 2.48 bits per heavy atom. The molecule has 21 heavy (non-hydrogen) atoms. The monoisotopic (exact) mass is 322 g/mol. The summed E-state index contributed by atoms with van der Waals surface area (Å²) in [5.41, 5.74) is 6.59. The molecule has 2 rings (SSSR count). The molecule has 0 heterocycles. The molecule has 0 aliphatic carbocycles. The number of hydrogen-bond acceptors (Lipinski definition) is 3. The van der Waals surface area contributed by atoms with Crippen LogP contribution in [-0.4, -0.2) is 18.7 Å². The second-order valence-electron chi connectivity index (χ2n) is 4.18. The topological polar surface area (TPSA) is 64.7 Å². The summed E-state index contributed by atoms with van der Waals surface area (Å²) in [6, 6.07) is 12.3. The van der Waals surface area contributed by atoms with E-state index < -0.39 is 5.91 Å². The molecule has 0 aromatic heterocycles. The molecule has 2 aromatic carbocycles. The summed E-state index contributed by atoms with van der Waals surface area (Å²) in [5.74, 6) is 0.0562. The fraction of sp³-hybridized carbons (Fsp3) is 0.0667. The van der Waals surface area contributed by atoms with Gasteiger partial charge in [0.25, 0.3) is 5.91 Å². The Morgan fingerprint density at radius 2 is 1.86 bits per heavy atom. The molecule has 0 fully saturated rings. The highest BCUT2D eigenvalue weighted by Gasteiger charge is 1.99. The molecule has 2 aromatic rings. The van der Waals surface area contributed by atoms with Crippen LogP contribution in [0.2, 0.25) is 10.0 Å². The van der Waals surface area contributed by atoms with Crippen LogP contribution in [-0.2, 0) is 4.79 Å². The lowest BCUT2D eigenvalue weighted by atomic mass is 10.2. The van der Waals surface area contributed by atoms with Gasteiger partial charge in [-0.25, -0.2) is 0 Å². The van der Waals surface area contributed by atoms with Crippen molar-refractivity contribution >= 4 is 41.0 Å². The van der Waals surface area contributed by atoms with Crippen molar-refractivity contribution in [2.75, 3.05) is 6.61 Å². The SMILES string of the molecule is NC(=O)COc1ccc(C=Nc2ccc(Cl)c(Cl)c2)cc1. The fourth-order valence-corrected chi connectivity index (χ4v) is 1.81. The maximum atomic E-state index is 10.6. The van der Waals surface area contributed by atoms with Gasteiger partial charge in [-0.2, -0.15) is 0 Å². The van der Waals surface area contributed by atoms with E-state index in [0.717, 1.165) is 5.56 Å². The molecule has 4 nitrogen and oxygen atoms in total. The van der Waals surface area contributed by atoms with Gasteiger partial charge in [-0.1, -0.05) is 23.2 Å². The maximum absolute atomic E-state index is 10.6. The number of amides is 1. The molecule has 0 aliphatic rings. The molecular weight excluding hydrogens is 311 g/mol. The summed E-state index contributed by atoms with van der Waals surface area (Å²) in [5, 5.41) is 0.952. The summed E-state index contributed by atoms with van der Waals surface area (Å²) >= 11 is 11.8. The van der Waals surface area contributed by atoms with Crippen molar-refractivity contribution in [3.63, 3.8) is 0 Å². The zero-order valence-electron chi connectivity index (χ0n) is 10.9. The van der Waals surface area contributed by atoms with Crippen LogP contribution in [0.5, 0.6) is 5.75 Å². The largest absolute Gasteiger partial charge is 0.484 e. The maximum Gasteiger partial charge on any atom is 0.255 e. The van der Waals surface area contributed by atoms with Crippen LogP contribution in [0.3, 0.4) is 0 Å². The Kier molecular flexibility index (Phi) is 5.20. The summed E-state index contributed by atoms with van der Waals surface area (Å²) in [6.45, 7) is -0.142. The standard InChI is InChI=1S/C15H12Cl2N2O2/c16-13-6-3-11(7-14(13)17)19-8-10-1-4-12(5-2-10)21-9-15(18)20/h1-8H,9H2,(H2,18,20). The number of ether oxygens (including phenoxy) is 1. The third-order valence-corrected chi connectivity index (χ3v) is 3.27. The lowest BCUT2D eigenvalue weighted by Crippen LogP contribution is -2.19. The molecule has 2 N–H and O–H groups in total. The van der Waals surface area contributed by atoms with Crippen molar-refractivity contribution in [2.45, 2.75) is 0 Å². The van der Waals surface area contributed by atoms with Gasteiger partial charge in [0.1, 0.15) is 5.75 Å². The number of rotatable bonds is 5. The average Bonchev–Trinajstić information content (AvgIpc) is 2.47. The Bertz CT molecular complexity index is 670. The lowest BCUT2D eigenvalue weighted by Gasteiger charge is -2.03. The number of nitrogens with two attached hydrogens (primary N) is 1. The van der Waals surface area contributed by atoms with Crippen LogP contribution in [0.4, 0.5) is 5.69 Å². The number of carbonyl (C=O) groups is 1. The van der Waals surface area contributed by atoms with E-state index in [1.807, 2.05) is 12.1 Å². The number of primary amides is 1. The number of benzene rings is 2. The minimum atomic E-state index is -0.514. The summed E-state index contributed by atoms with van der Waals surface area (Å²) in [6.07, 6.45) is 1.69. The smallest absolute Gasteiger partial charge is 0.255 e. The quantitative estimate of drug-likeness (QED) is 0.854. The summed E-state index contributed by atoms with van der Waals surface area (Å²) in [4.78, 5) is 14.9. The predicted molar refractivity (Wildman–Crippen MR) is 84.8 cm³/mol. The van der Waals surface area contributed by atoms with E-state index in [4.69, 9.17) is 33.7 Å². The van der Waals surface area contributed by atoms with Gasteiger partial charge in [-0.3, -0.25) is 9.79 Å². The van der Waals surface area contributed by atoms with Gasteiger partial charge in [-0.15, -0.1) is 0 Å². The third kappa shape index (κ3) is 4.77. The van der Waals surface area contributed by atoms with Gasteiger partial charge in [0.2, 0.25) is 0 Å². The van der Waals surface area contributed by atoms with E-state index in [2.05, 4.69) is 4.99 Å². The minimum absolute atomic E-state index is 0.142. The van der Waals surface area contributed by atoms with Gasteiger partial charge in [0.15, 0.2) is 6.61 Å². The molecule has 108 valence electrons. The normalized spacial score (nSPS) is 10.8. The van der Waals surface area contributed by atoms with E-state index in [0.29, 0.717) is 21.5 Å². The molecule has 0 saturated carbocycles. The molecule has 6 heteroatoms. The molecule has 0 atom stereocenters. The molecule has 0 spiro atoms. The number of halogens is 2. The molecule has 0 saturated heterocycles. The molecular formula is C15H12Cl2N2O2. The van der Waals surface area contributed by atoms with Gasteiger partial charge >= 0.3 is 0 Å². The molecule has 0 unspecified atom stereocenters. The van der Waals surface area contributed by atoms with Gasteiger partial charge < -0.3 is 10.5 Å². The lowest BCUT2D eigenvalue weighted by molar-refractivity contribution is -0.119. The van der Waals surface area contributed by atoms with Crippen LogP contribution >= 0.6 is 23.2 Å². The highest BCUT2D eigenvalue weighted by Crippen LogP contribution is 2.26. The van der Waals surface area contributed by atoms with Crippen molar-refractivity contribution in [1.29, 1.82) is 0 Å². The number of carbonyl (C=O) groups excluding carboxylic acids is 1. The van der Waals surface area contributed by atoms with Crippen LogP contribution in [0.15, 0.2) is 47.5 Å². The van der Waals surface area contributed by atoms with Crippen molar-refractivity contribution in [2.24, 2.45) is 10.7 Å². The van der Waals surface area contributed by atoms with E-state index in [1.54, 1.807) is 36.5 Å². The van der Waals surface area contributed by atoms with E-state index in [1.165, 1.54) is 0 Å². The number of hydrogen-bond donors (Lipinski definition) is 1. The number of nitrogens with zero attached hydrogens (tertiary/aromatic N) is 1. The van der Waals surface area contributed by atoms with Gasteiger partial charge in [0, 0.05) is 6.21 Å². The summed E-state index contributed by atoms with van der Waals surface area (Å²) < 4.78 is 5.16. The zero-order chi connectivity index (χ0) is 15.2. The van der Waals surface area contributed by atoms with Gasteiger partial charge in [-0.05, 0) is 48.0 Å². The summed E-state index contributed by atoms with van der Waals surface area (Å²) in [7, 11) is 0. The van der Waals surface area contributed by atoms with Crippen molar-refractivity contribution < 1.29 is 9.53 Å². The Labute approximate surface area is 132 Å². The van der Waals surface area contributed by atoms with Crippen LogP contribution in [0.1, 0.15) is 5.56 Å². The van der Waals surface area contributed by atoms with Crippen molar-refractivity contribution in [3.8, 4) is 5.75 Å². The third-order valence-electron chi connectivity index (χ3n) is 2.53. The molecule has 0 bridgehead atoms. The van der Waals surface area contributed by atoms with Crippen LogP contribution in [0.25, 0.3) is 0 Å². The Balaban J connectivity index is 2.03. The Morgan fingerprint density at radius 1 is 1.14 bits per heavy atom. The van der Waals surface area contributed by atoms with E-state index in [-0.39, 0.29) is 6.61 Å². The first kappa shape index (κ1) is 15.4. The zero-order valence-corrected chi connectivity index (χ0v) is 12.4. The van der Waals surface area contributed by atoms with Crippen LogP contribution < -0.4 is 10.5 Å². The van der Waals surface area contributed by atoms with E-state index >= 15 is 0 Å². The van der Waals surface area contributed by atoms with Crippen molar-refractivity contribution in [3.05, 3.63) is 58.1 Å². The number of aliphatic imine (C=N–C) groups is 1. The first-order valence-corrected chi connectivity index (χ1v) is 6.80. The average molecular weight is 323 g/mol. The highest BCUT2D eigenvalue weighted by atomic mass is 35.5. The fourth-order valence-electron chi connectivity index (χ4n) is 1.52. The van der Waals surface area contributed by atoms with Crippen LogP contribution in [0, 0.1) is 0 Å². The van der Waals surface area contributed by atoms with E-state index in [9.17, 15) is 4.79 Å². The highest BCUT2D eigenvalue weighted by molar-refractivity contribution is 6.42. The first-order chi connectivity index (χ1) is 10.0.